The van der Waals surface area contributed by atoms with E-state index in [4.69, 9.17) is 9.84 Å². The van der Waals surface area contributed by atoms with Gasteiger partial charge in [0.1, 0.15) is 5.75 Å². The molecule has 2 amide bonds. The lowest BCUT2D eigenvalue weighted by Gasteiger charge is -2.09. The molecule has 110 valence electrons. The predicted octanol–water partition coefficient (Wildman–Crippen LogP) is 1.54. The van der Waals surface area contributed by atoms with Crippen LogP contribution in [0.1, 0.15) is 18.4 Å². The quantitative estimate of drug-likeness (QED) is 0.630. The largest absolute Gasteiger partial charge is 0.493 e. The Morgan fingerprint density at radius 2 is 1.90 bits per heavy atom. The van der Waals surface area contributed by atoms with Gasteiger partial charge in [0.15, 0.2) is 0 Å². The number of aryl methyl sites for hydroxylation is 1. The molecule has 0 aliphatic rings. The smallest absolute Gasteiger partial charge is 0.314 e. The summed E-state index contributed by atoms with van der Waals surface area (Å²) in [5, 5.41) is 13.5. The molecule has 0 unspecified atom stereocenters. The number of hydrogen-bond donors (Lipinski definition) is 3. The molecule has 0 spiro atoms. The molecule has 3 N–H and O–H groups in total. The number of carboxylic acid groups (broad SMARTS) is 1. The Kier molecular flexibility index (Phi) is 6.95. The minimum absolute atomic E-state index is 0.0795. The van der Waals surface area contributed by atoms with Gasteiger partial charge in [-0.2, -0.15) is 0 Å². The summed E-state index contributed by atoms with van der Waals surface area (Å²) in [5.74, 6) is -0.0876. The summed E-state index contributed by atoms with van der Waals surface area (Å²) in [6.07, 6.45) is 0.602. The van der Waals surface area contributed by atoms with Crippen LogP contribution in [-0.2, 0) is 4.79 Å². The Labute approximate surface area is 118 Å². The van der Waals surface area contributed by atoms with Crippen molar-refractivity contribution in [2.45, 2.75) is 19.8 Å². The lowest BCUT2D eigenvalue weighted by atomic mass is 10.2. The highest BCUT2D eigenvalue weighted by atomic mass is 16.5. The lowest BCUT2D eigenvalue weighted by Crippen LogP contribution is -2.37. The summed E-state index contributed by atoms with van der Waals surface area (Å²) in [4.78, 5) is 21.5. The second-order valence-electron chi connectivity index (χ2n) is 4.29. The molecule has 0 saturated heterocycles. The van der Waals surface area contributed by atoms with E-state index in [0.717, 1.165) is 11.3 Å². The molecule has 1 rings (SSSR count). The standard InChI is InChI=1S/C14H20N2O4/c1-11-5-2-3-6-12(11)20-10-4-8-15-14(19)16-9-7-13(17)18/h2-3,5-6H,4,7-10H2,1H3,(H,17,18)(H2,15,16,19). The molecule has 1 aromatic carbocycles. The second-order valence-corrected chi connectivity index (χ2v) is 4.29. The van der Waals surface area contributed by atoms with Crippen molar-refractivity contribution in [1.29, 1.82) is 0 Å². The topological polar surface area (TPSA) is 87.7 Å². The fourth-order valence-corrected chi connectivity index (χ4v) is 1.52. The van der Waals surface area contributed by atoms with E-state index in [0.29, 0.717) is 19.6 Å². The normalized spacial score (nSPS) is 9.85. The van der Waals surface area contributed by atoms with Crippen molar-refractivity contribution in [2.75, 3.05) is 19.7 Å². The molecule has 0 heterocycles. The van der Waals surface area contributed by atoms with Crippen LogP contribution in [0, 0.1) is 6.92 Å². The summed E-state index contributed by atoms with van der Waals surface area (Å²) >= 11 is 0. The summed E-state index contributed by atoms with van der Waals surface area (Å²) < 4.78 is 5.58. The van der Waals surface area contributed by atoms with Crippen LogP contribution in [0.4, 0.5) is 4.79 Å². The number of urea groups is 1. The molecule has 0 atom stereocenters. The highest BCUT2D eigenvalue weighted by Gasteiger charge is 2.01. The van der Waals surface area contributed by atoms with Crippen LogP contribution in [0.5, 0.6) is 5.75 Å². The third-order valence-corrected chi connectivity index (χ3v) is 2.58. The summed E-state index contributed by atoms with van der Waals surface area (Å²) in [6, 6.07) is 7.38. The van der Waals surface area contributed by atoms with E-state index in [1.165, 1.54) is 0 Å². The molecule has 6 nitrogen and oxygen atoms in total. The first-order valence-electron chi connectivity index (χ1n) is 6.51. The fraction of sp³-hybridized carbons (Fsp3) is 0.429. The SMILES string of the molecule is Cc1ccccc1OCCCNC(=O)NCCC(=O)O. The molecular weight excluding hydrogens is 260 g/mol. The molecule has 0 bridgehead atoms. The Balaban J connectivity index is 2.06. The monoisotopic (exact) mass is 280 g/mol. The van der Waals surface area contributed by atoms with Gasteiger partial charge in [0.05, 0.1) is 13.0 Å². The first-order valence-corrected chi connectivity index (χ1v) is 6.51. The first-order chi connectivity index (χ1) is 9.59. The van der Waals surface area contributed by atoms with Crippen LogP contribution in [0.15, 0.2) is 24.3 Å². The van der Waals surface area contributed by atoms with Crippen molar-refractivity contribution in [2.24, 2.45) is 0 Å². The number of amides is 2. The highest BCUT2D eigenvalue weighted by Crippen LogP contribution is 2.15. The van der Waals surface area contributed by atoms with Gasteiger partial charge in [-0.05, 0) is 25.0 Å². The molecule has 0 aliphatic carbocycles. The van der Waals surface area contributed by atoms with Crippen LogP contribution in [0.3, 0.4) is 0 Å². The molecule has 0 radical (unpaired) electrons. The number of nitrogens with one attached hydrogen (secondary N) is 2. The zero-order valence-electron chi connectivity index (χ0n) is 11.5. The van der Waals surface area contributed by atoms with Crippen molar-refractivity contribution >= 4 is 12.0 Å². The molecule has 0 saturated carbocycles. The van der Waals surface area contributed by atoms with Gasteiger partial charge in [-0.1, -0.05) is 18.2 Å². The van der Waals surface area contributed by atoms with E-state index < -0.39 is 5.97 Å². The van der Waals surface area contributed by atoms with Crippen molar-refractivity contribution in [3.8, 4) is 5.75 Å². The first kappa shape index (κ1) is 15.8. The van der Waals surface area contributed by atoms with E-state index in [1.54, 1.807) is 0 Å². The molecule has 0 fully saturated rings. The zero-order valence-corrected chi connectivity index (χ0v) is 11.5. The Hall–Kier alpha value is -2.24. The van der Waals surface area contributed by atoms with Gasteiger partial charge in [0, 0.05) is 13.1 Å². The molecule has 1 aromatic rings. The second kappa shape index (κ2) is 8.79. The van der Waals surface area contributed by atoms with Crippen LogP contribution in [0.25, 0.3) is 0 Å². The van der Waals surface area contributed by atoms with Gasteiger partial charge in [0.2, 0.25) is 0 Å². The number of benzene rings is 1. The highest BCUT2D eigenvalue weighted by molar-refractivity contribution is 5.74. The Morgan fingerprint density at radius 1 is 1.20 bits per heavy atom. The fourth-order valence-electron chi connectivity index (χ4n) is 1.52. The van der Waals surface area contributed by atoms with Gasteiger partial charge < -0.3 is 20.5 Å². The lowest BCUT2D eigenvalue weighted by molar-refractivity contribution is -0.136. The van der Waals surface area contributed by atoms with Crippen molar-refractivity contribution in [3.63, 3.8) is 0 Å². The van der Waals surface area contributed by atoms with E-state index >= 15 is 0 Å². The number of hydrogen-bond acceptors (Lipinski definition) is 3. The maximum Gasteiger partial charge on any atom is 0.314 e. The van der Waals surface area contributed by atoms with Gasteiger partial charge in [-0.3, -0.25) is 4.79 Å². The number of carboxylic acids is 1. The number of carbonyl (C=O) groups excluding carboxylic acids is 1. The van der Waals surface area contributed by atoms with E-state index in [9.17, 15) is 9.59 Å². The number of carbonyl (C=O) groups is 2. The molecule has 20 heavy (non-hydrogen) atoms. The molecule has 6 heteroatoms. The van der Waals surface area contributed by atoms with Gasteiger partial charge in [-0.15, -0.1) is 0 Å². The van der Waals surface area contributed by atoms with Crippen LogP contribution in [0.2, 0.25) is 0 Å². The van der Waals surface area contributed by atoms with Crippen LogP contribution >= 0.6 is 0 Å². The minimum Gasteiger partial charge on any atom is -0.493 e. The number of aliphatic carboxylic acids is 1. The number of ether oxygens (including phenoxy) is 1. The van der Waals surface area contributed by atoms with E-state index in [-0.39, 0.29) is 19.0 Å². The third kappa shape index (κ3) is 6.63. The summed E-state index contributed by atoms with van der Waals surface area (Å²) in [6.45, 7) is 3.09. The minimum atomic E-state index is -0.933. The molecule has 0 aliphatic heterocycles. The van der Waals surface area contributed by atoms with Crippen LogP contribution in [-0.4, -0.2) is 36.8 Å². The van der Waals surface area contributed by atoms with Crippen molar-refractivity contribution < 1.29 is 19.4 Å². The maximum absolute atomic E-state index is 11.3. The van der Waals surface area contributed by atoms with E-state index in [2.05, 4.69) is 10.6 Å². The molecule has 0 aromatic heterocycles. The summed E-state index contributed by atoms with van der Waals surface area (Å²) in [7, 11) is 0. The number of para-hydroxylation sites is 1. The maximum atomic E-state index is 11.3. The Bertz CT molecular complexity index is 449. The van der Waals surface area contributed by atoms with Crippen molar-refractivity contribution in [1.82, 2.24) is 10.6 Å². The van der Waals surface area contributed by atoms with Crippen LogP contribution < -0.4 is 15.4 Å². The van der Waals surface area contributed by atoms with Gasteiger partial charge >= 0.3 is 12.0 Å². The van der Waals surface area contributed by atoms with Gasteiger partial charge in [-0.25, -0.2) is 4.79 Å². The average molecular weight is 280 g/mol. The Morgan fingerprint density at radius 3 is 2.60 bits per heavy atom. The number of rotatable bonds is 8. The zero-order chi connectivity index (χ0) is 14.8. The molecular formula is C14H20N2O4. The van der Waals surface area contributed by atoms with Gasteiger partial charge in [0.25, 0.3) is 0 Å². The van der Waals surface area contributed by atoms with E-state index in [1.807, 2.05) is 31.2 Å². The van der Waals surface area contributed by atoms with Crippen molar-refractivity contribution in [3.05, 3.63) is 29.8 Å². The third-order valence-electron chi connectivity index (χ3n) is 2.58. The average Bonchev–Trinajstić information content (AvgIpc) is 2.40. The predicted molar refractivity (Wildman–Crippen MR) is 74.9 cm³/mol. The summed E-state index contributed by atoms with van der Waals surface area (Å²) in [5.41, 5.74) is 1.08.